The topological polar surface area (TPSA) is 50.2 Å². The molecular weight excluding hydrogens is 265 g/mol. The largest absolute Gasteiger partial charge is 0.476 e. The zero-order valence-corrected chi connectivity index (χ0v) is 10.1. The van der Waals surface area contributed by atoms with E-state index in [1.807, 2.05) is 0 Å². The van der Waals surface area contributed by atoms with Gasteiger partial charge in [0, 0.05) is 11.8 Å². The predicted molar refractivity (Wildman–Crippen MR) is 63.3 cm³/mol. The molecular formula is C11H7ClFNO2S. The predicted octanol–water partition coefficient (Wildman–Crippen LogP) is 3.22. The van der Waals surface area contributed by atoms with E-state index in [1.54, 1.807) is 12.1 Å². The van der Waals surface area contributed by atoms with E-state index in [0.717, 1.165) is 0 Å². The lowest BCUT2D eigenvalue weighted by Gasteiger charge is -2.01. The number of carboxylic acid groups (broad SMARTS) is 1. The molecule has 1 aromatic carbocycles. The Morgan fingerprint density at radius 2 is 2.29 bits per heavy atom. The average molecular weight is 272 g/mol. The van der Waals surface area contributed by atoms with E-state index >= 15 is 0 Å². The van der Waals surface area contributed by atoms with E-state index in [-0.39, 0.29) is 17.1 Å². The van der Waals surface area contributed by atoms with E-state index in [2.05, 4.69) is 4.98 Å². The van der Waals surface area contributed by atoms with Crippen LogP contribution in [0.4, 0.5) is 4.39 Å². The van der Waals surface area contributed by atoms with Crippen molar-refractivity contribution in [3.8, 4) is 0 Å². The molecule has 1 heterocycles. The number of carboxylic acids is 1. The summed E-state index contributed by atoms with van der Waals surface area (Å²) in [6.45, 7) is 0. The van der Waals surface area contributed by atoms with Gasteiger partial charge in [0.05, 0.1) is 10.0 Å². The number of halogens is 2. The Kier molecular flexibility index (Phi) is 3.40. The van der Waals surface area contributed by atoms with Crippen molar-refractivity contribution in [1.29, 1.82) is 0 Å². The first-order valence-electron chi connectivity index (χ1n) is 4.68. The Morgan fingerprint density at radius 1 is 1.53 bits per heavy atom. The molecule has 1 aromatic heterocycles. The zero-order valence-electron chi connectivity index (χ0n) is 8.48. The van der Waals surface area contributed by atoms with Crippen molar-refractivity contribution in [3.05, 3.63) is 50.7 Å². The second-order valence-corrected chi connectivity index (χ2v) is 4.67. The summed E-state index contributed by atoms with van der Waals surface area (Å²) in [6, 6.07) is 4.71. The molecule has 0 fully saturated rings. The molecule has 0 aliphatic heterocycles. The first-order valence-corrected chi connectivity index (χ1v) is 5.94. The molecule has 3 nitrogen and oxygen atoms in total. The van der Waals surface area contributed by atoms with Crippen LogP contribution in [-0.4, -0.2) is 16.1 Å². The van der Waals surface area contributed by atoms with Crippen LogP contribution in [0.5, 0.6) is 0 Å². The number of aromatic carboxylic acids is 1. The van der Waals surface area contributed by atoms with Gasteiger partial charge < -0.3 is 5.11 Å². The summed E-state index contributed by atoms with van der Waals surface area (Å²) < 4.78 is 13.6. The fourth-order valence-corrected chi connectivity index (χ4v) is 2.32. The molecule has 0 amide bonds. The van der Waals surface area contributed by atoms with Crippen LogP contribution < -0.4 is 0 Å². The Labute approximate surface area is 106 Å². The van der Waals surface area contributed by atoms with Gasteiger partial charge in [-0.3, -0.25) is 0 Å². The van der Waals surface area contributed by atoms with Gasteiger partial charge in [-0.05, 0) is 11.6 Å². The minimum absolute atomic E-state index is 0.0209. The Balaban J connectivity index is 2.25. The third kappa shape index (κ3) is 2.62. The highest BCUT2D eigenvalue weighted by molar-refractivity contribution is 7.09. The van der Waals surface area contributed by atoms with Crippen LogP contribution in [0.3, 0.4) is 0 Å². The van der Waals surface area contributed by atoms with Gasteiger partial charge in [-0.2, -0.15) is 0 Å². The maximum Gasteiger partial charge on any atom is 0.355 e. The number of nitrogens with zero attached hydrogens (tertiary/aromatic N) is 1. The van der Waals surface area contributed by atoms with Crippen LogP contribution in [0.15, 0.2) is 23.6 Å². The van der Waals surface area contributed by atoms with E-state index in [9.17, 15) is 9.18 Å². The van der Waals surface area contributed by atoms with Gasteiger partial charge in [0.1, 0.15) is 5.82 Å². The van der Waals surface area contributed by atoms with Crippen molar-refractivity contribution in [2.24, 2.45) is 0 Å². The average Bonchev–Trinajstić information content (AvgIpc) is 2.73. The molecule has 0 atom stereocenters. The van der Waals surface area contributed by atoms with Gasteiger partial charge >= 0.3 is 5.97 Å². The summed E-state index contributed by atoms with van der Waals surface area (Å²) >= 11 is 6.84. The monoisotopic (exact) mass is 271 g/mol. The molecule has 2 aromatic rings. The van der Waals surface area contributed by atoms with Crippen LogP contribution in [0, 0.1) is 5.82 Å². The Morgan fingerprint density at radius 3 is 2.94 bits per heavy atom. The number of aromatic nitrogens is 1. The van der Waals surface area contributed by atoms with Crippen molar-refractivity contribution < 1.29 is 14.3 Å². The zero-order chi connectivity index (χ0) is 12.4. The summed E-state index contributed by atoms with van der Waals surface area (Å²) in [5, 5.41) is 10.7. The van der Waals surface area contributed by atoms with E-state index in [4.69, 9.17) is 16.7 Å². The van der Waals surface area contributed by atoms with Gasteiger partial charge in [0.2, 0.25) is 0 Å². The summed E-state index contributed by atoms with van der Waals surface area (Å²) in [5.74, 6) is -1.57. The van der Waals surface area contributed by atoms with Crippen molar-refractivity contribution in [2.45, 2.75) is 6.42 Å². The second-order valence-electron chi connectivity index (χ2n) is 3.32. The summed E-state index contributed by atoms with van der Waals surface area (Å²) in [7, 11) is 0. The lowest BCUT2D eigenvalue weighted by Crippen LogP contribution is -1.98. The molecule has 0 saturated heterocycles. The molecule has 1 N–H and O–H groups in total. The quantitative estimate of drug-likeness (QED) is 0.932. The van der Waals surface area contributed by atoms with Crippen molar-refractivity contribution in [1.82, 2.24) is 4.98 Å². The Bertz CT molecular complexity index is 570. The minimum atomic E-state index is -1.08. The standard InChI is InChI=1S/C11H7ClFNO2S/c12-7-3-1-2-6(10(7)13)4-9-14-8(5-17-9)11(15)16/h1-3,5H,4H2,(H,15,16). The lowest BCUT2D eigenvalue weighted by molar-refractivity contribution is 0.0691. The van der Waals surface area contributed by atoms with Gasteiger partial charge in [-0.1, -0.05) is 23.7 Å². The molecule has 0 saturated carbocycles. The third-order valence-electron chi connectivity index (χ3n) is 2.14. The molecule has 0 aliphatic carbocycles. The van der Waals surface area contributed by atoms with Gasteiger partial charge in [-0.25, -0.2) is 14.2 Å². The first-order chi connectivity index (χ1) is 8.08. The lowest BCUT2D eigenvalue weighted by atomic mass is 10.1. The van der Waals surface area contributed by atoms with Gasteiger partial charge in [0.25, 0.3) is 0 Å². The number of carbonyl (C=O) groups is 1. The highest BCUT2D eigenvalue weighted by Crippen LogP contribution is 2.22. The van der Waals surface area contributed by atoms with Gasteiger partial charge in [-0.15, -0.1) is 11.3 Å². The molecule has 17 heavy (non-hydrogen) atoms. The van der Waals surface area contributed by atoms with E-state index in [0.29, 0.717) is 10.6 Å². The second kappa shape index (κ2) is 4.81. The van der Waals surface area contributed by atoms with Gasteiger partial charge in [0.15, 0.2) is 5.69 Å². The van der Waals surface area contributed by atoms with E-state index in [1.165, 1.54) is 22.8 Å². The fourth-order valence-electron chi connectivity index (χ4n) is 1.34. The van der Waals surface area contributed by atoms with Crippen molar-refractivity contribution in [3.63, 3.8) is 0 Å². The molecule has 0 aliphatic rings. The van der Waals surface area contributed by atoms with E-state index < -0.39 is 11.8 Å². The number of hydrogen-bond donors (Lipinski definition) is 1. The molecule has 6 heteroatoms. The number of benzene rings is 1. The van der Waals surface area contributed by atoms with Crippen LogP contribution in [-0.2, 0) is 6.42 Å². The normalized spacial score (nSPS) is 10.5. The maximum atomic E-state index is 13.6. The van der Waals surface area contributed by atoms with Crippen molar-refractivity contribution >= 4 is 28.9 Å². The Hall–Kier alpha value is -1.46. The smallest absolute Gasteiger partial charge is 0.355 e. The molecule has 0 radical (unpaired) electrons. The maximum absolute atomic E-state index is 13.6. The fraction of sp³-hybridized carbons (Fsp3) is 0.0909. The summed E-state index contributed by atoms with van der Waals surface area (Å²) in [5.41, 5.74) is 0.385. The van der Waals surface area contributed by atoms with Crippen LogP contribution in [0.1, 0.15) is 21.1 Å². The molecule has 2 rings (SSSR count). The molecule has 0 spiro atoms. The third-order valence-corrected chi connectivity index (χ3v) is 3.28. The van der Waals surface area contributed by atoms with Crippen LogP contribution >= 0.6 is 22.9 Å². The summed E-state index contributed by atoms with van der Waals surface area (Å²) in [6.07, 6.45) is 0.240. The molecule has 88 valence electrons. The number of hydrogen-bond acceptors (Lipinski definition) is 3. The minimum Gasteiger partial charge on any atom is -0.476 e. The van der Waals surface area contributed by atoms with Crippen LogP contribution in [0.2, 0.25) is 5.02 Å². The highest BCUT2D eigenvalue weighted by atomic mass is 35.5. The highest BCUT2D eigenvalue weighted by Gasteiger charge is 2.12. The number of thiazole rings is 1. The molecule has 0 bridgehead atoms. The SMILES string of the molecule is O=C(O)c1csc(Cc2cccc(Cl)c2F)n1. The molecule has 0 unspecified atom stereocenters. The number of rotatable bonds is 3. The van der Waals surface area contributed by atoms with Crippen LogP contribution in [0.25, 0.3) is 0 Å². The first kappa shape index (κ1) is 12.0. The summed E-state index contributed by atoms with van der Waals surface area (Å²) in [4.78, 5) is 14.5. The van der Waals surface area contributed by atoms with Crippen molar-refractivity contribution in [2.75, 3.05) is 0 Å².